The summed E-state index contributed by atoms with van der Waals surface area (Å²) in [5, 5.41) is 0. The second-order valence-electron chi connectivity index (χ2n) is 20.0. The van der Waals surface area contributed by atoms with E-state index in [2.05, 4.69) is 42.0 Å². The molecule has 4 rings (SSSR count). The molecule has 4 heterocycles. The van der Waals surface area contributed by atoms with E-state index >= 15 is 0 Å². The number of rotatable bonds is 24. The maximum absolute atomic E-state index is 7.51. The first-order valence-electron chi connectivity index (χ1n) is 22.9. The average Bonchev–Trinajstić information content (AvgIpc) is 3.09. The molecule has 0 aromatic rings. The highest BCUT2D eigenvalue weighted by atomic mass is 28.4. The molecule has 0 aliphatic carbocycles. The Hall–Kier alpha value is 0.411. The van der Waals surface area contributed by atoms with Gasteiger partial charge in [0.25, 0.3) is 0 Å². The summed E-state index contributed by atoms with van der Waals surface area (Å²) in [7, 11) is 6.69. The van der Waals surface area contributed by atoms with E-state index in [0.717, 1.165) is 0 Å². The number of quaternary nitrogens is 4. The van der Waals surface area contributed by atoms with Gasteiger partial charge in [-0.15, -0.1) is 0 Å². The number of hydrogen-bond donors (Lipinski definition) is 0. The summed E-state index contributed by atoms with van der Waals surface area (Å²) >= 11 is 0. The van der Waals surface area contributed by atoms with Crippen molar-refractivity contribution in [3.8, 4) is 0 Å². The largest absolute Gasteiger partial charge is 0.434 e. The topological polar surface area (TPSA) is 18.5 Å². The minimum atomic E-state index is -1.91. The lowest BCUT2D eigenvalue weighted by Crippen LogP contribution is -2.51. The molecule has 0 amide bonds. The van der Waals surface area contributed by atoms with Gasteiger partial charge in [0.1, 0.15) is 0 Å². The molecule has 0 spiro atoms. The molecular weight excluding hydrogens is 677 g/mol. The van der Waals surface area contributed by atoms with Gasteiger partial charge in [0.05, 0.1) is 107 Å². The lowest BCUT2D eigenvalue weighted by atomic mass is 10.1. The number of likely N-dealkylation sites (tertiary alicyclic amines) is 4. The second-order valence-corrected chi connectivity index (χ2v) is 29.5. The molecule has 298 valence electrons. The van der Waals surface area contributed by atoms with E-state index in [9.17, 15) is 0 Å². The molecule has 0 unspecified atom stereocenters. The van der Waals surface area contributed by atoms with Crippen LogP contribution in [0.5, 0.6) is 0 Å². The van der Waals surface area contributed by atoms with Gasteiger partial charge in [0.2, 0.25) is 0 Å². The predicted octanol–water partition coefficient (Wildman–Crippen LogP) is 9.35. The number of piperidine rings is 4. The van der Waals surface area contributed by atoms with Gasteiger partial charge in [0.15, 0.2) is 16.6 Å². The monoisotopic (exact) mass is 767 g/mol. The van der Waals surface area contributed by atoms with Crippen molar-refractivity contribution in [3.05, 3.63) is 0 Å². The van der Waals surface area contributed by atoms with E-state index in [4.69, 9.17) is 8.23 Å². The SMILES string of the molecule is CCC[Si](CCC[N+]1(C)CCCCC1)(CCC[N+]1(C)CCCCC1)O[Si]O[Si](CCC)(CCC[N+]1(C)CCCCC1)CCC[N+]1(C)CCCCC1. The fraction of sp³-hybridized carbons (Fsp3) is 1.00. The molecule has 0 atom stereocenters. The van der Waals surface area contributed by atoms with Crippen LogP contribution >= 0.6 is 0 Å². The minimum Gasteiger partial charge on any atom is -0.434 e. The molecule has 4 fully saturated rings. The molecular formula is C42H90N4O2Si3+4. The highest BCUT2D eigenvalue weighted by Crippen LogP contribution is 2.33. The molecule has 4 aliphatic heterocycles. The molecule has 0 saturated carbocycles. The quantitative estimate of drug-likeness (QED) is 0.0721. The summed E-state index contributed by atoms with van der Waals surface area (Å²) in [6.45, 7) is 21.5. The Bertz CT molecular complexity index is 812. The lowest BCUT2D eigenvalue weighted by Gasteiger charge is -2.41. The predicted molar refractivity (Wildman–Crippen MR) is 226 cm³/mol. The van der Waals surface area contributed by atoms with Crippen LogP contribution in [0, 0.1) is 0 Å². The highest BCUT2D eigenvalue weighted by Gasteiger charge is 2.40. The zero-order valence-electron chi connectivity index (χ0n) is 35.6. The molecule has 0 N–H and O–H groups in total. The Balaban J connectivity index is 1.45. The molecule has 4 aliphatic rings. The van der Waals surface area contributed by atoms with Crippen LogP contribution in [-0.2, 0) is 8.23 Å². The van der Waals surface area contributed by atoms with E-state index < -0.39 is 16.6 Å². The van der Waals surface area contributed by atoms with Gasteiger partial charge in [-0.25, -0.2) is 0 Å². The third-order valence-electron chi connectivity index (χ3n) is 14.8. The van der Waals surface area contributed by atoms with Crippen molar-refractivity contribution in [3.63, 3.8) is 0 Å². The van der Waals surface area contributed by atoms with Crippen LogP contribution in [0.15, 0.2) is 0 Å². The summed E-state index contributed by atoms with van der Waals surface area (Å²) in [5.41, 5.74) is 0. The van der Waals surface area contributed by atoms with Crippen molar-refractivity contribution in [2.45, 2.75) is 166 Å². The molecule has 0 bridgehead atoms. The lowest BCUT2D eigenvalue weighted by molar-refractivity contribution is -0.914. The Morgan fingerprint density at radius 1 is 0.373 bits per heavy atom. The van der Waals surface area contributed by atoms with Crippen molar-refractivity contribution in [1.29, 1.82) is 0 Å². The first kappa shape index (κ1) is 44.1. The van der Waals surface area contributed by atoms with Gasteiger partial charge in [-0.1, -0.05) is 26.7 Å². The van der Waals surface area contributed by atoms with Crippen LogP contribution < -0.4 is 0 Å². The first-order valence-corrected chi connectivity index (χ1v) is 28.8. The molecule has 51 heavy (non-hydrogen) atoms. The van der Waals surface area contributed by atoms with E-state index in [1.807, 2.05) is 0 Å². The number of hydrogen-bond acceptors (Lipinski definition) is 2. The summed E-state index contributed by atoms with van der Waals surface area (Å²) in [6.07, 6.45) is 25.2. The molecule has 2 radical (unpaired) electrons. The summed E-state index contributed by atoms with van der Waals surface area (Å²) in [5.74, 6) is 0. The Kier molecular flexibility index (Phi) is 18.7. The normalized spacial score (nSPS) is 23.6. The molecule has 4 saturated heterocycles. The van der Waals surface area contributed by atoms with Crippen molar-refractivity contribution in [1.82, 2.24) is 0 Å². The van der Waals surface area contributed by atoms with Crippen molar-refractivity contribution < 1.29 is 26.2 Å². The summed E-state index contributed by atoms with van der Waals surface area (Å²) in [6, 6.07) is 8.13. The van der Waals surface area contributed by atoms with Crippen LogP contribution in [0.25, 0.3) is 0 Å². The molecule has 9 heteroatoms. The van der Waals surface area contributed by atoms with Crippen molar-refractivity contribution in [2.75, 3.05) is 107 Å². The minimum absolute atomic E-state index is 0.296. The third-order valence-corrected chi connectivity index (χ3v) is 26.8. The Morgan fingerprint density at radius 2 is 0.608 bits per heavy atom. The molecule has 0 aromatic heterocycles. The first-order chi connectivity index (χ1) is 24.5. The molecule has 0 aromatic carbocycles. The van der Waals surface area contributed by atoms with Crippen LogP contribution in [0.1, 0.15) is 129 Å². The summed E-state index contributed by atoms with van der Waals surface area (Å²) < 4.78 is 20.3. The van der Waals surface area contributed by atoms with Crippen LogP contribution in [-0.4, -0.2) is 151 Å². The smallest absolute Gasteiger partial charge is 0.410 e. The van der Waals surface area contributed by atoms with Gasteiger partial charge in [0, 0.05) is 0 Å². The van der Waals surface area contributed by atoms with Gasteiger partial charge in [-0.3, -0.25) is 0 Å². The van der Waals surface area contributed by atoms with E-state index in [-0.39, 0.29) is 0 Å². The maximum Gasteiger partial charge on any atom is 0.410 e. The molecule has 6 nitrogen and oxygen atoms in total. The van der Waals surface area contributed by atoms with E-state index in [0.29, 0.717) is 10.0 Å². The maximum atomic E-state index is 7.51. The van der Waals surface area contributed by atoms with E-state index in [1.165, 1.54) is 248 Å². The van der Waals surface area contributed by atoms with Crippen LogP contribution in [0.4, 0.5) is 0 Å². The fourth-order valence-corrected chi connectivity index (χ4v) is 22.2. The van der Waals surface area contributed by atoms with Crippen molar-refractivity contribution >= 4 is 26.6 Å². The van der Waals surface area contributed by atoms with Gasteiger partial charge < -0.3 is 26.2 Å². The number of nitrogens with zero attached hydrogens (tertiary/aromatic N) is 4. The Labute approximate surface area is 324 Å². The van der Waals surface area contributed by atoms with Crippen LogP contribution in [0.2, 0.25) is 36.3 Å². The fourth-order valence-electron chi connectivity index (χ4n) is 11.3. The zero-order chi connectivity index (χ0) is 36.6. The van der Waals surface area contributed by atoms with Gasteiger partial charge >= 0.3 is 10.0 Å². The van der Waals surface area contributed by atoms with Gasteiger partial charge in [-0.2, -0.15) is 0 Å². The third kappa shape index (κ3) is 15.1. The average molecular weight is 767 g/mol. The van der Waals surface area contributed by atoms with E-state index in [1.54, 1.807) is 0 Å². The standard InChI is InChI=1S/C42H90N4O2Si3/c1-7-37-50(39-21-33-43(3)25-13-9-14-26-43,40-22-34-44(4)27-15-10-16-28-44)47-49-48-51(38-8-2,41-23-35-45(5)29-17-11-18-30-45)42-24-36-46(6)31-19-12-20-32-46/h7-42H2,1-6H3/q+4. The van der Waals surface area contributed by atoms with Crippen LogP contribution in [0.3, 0.4) is 0 Å². The Morgan fingerprint density at radius 3 is 0.824 bits per heavy atom. The van der Waals surface area contributed by atoms with Gasteiger partial charge in [-0.05, 0) is 139 Å². The summed E-state index contributed by atoms with van der Waals surface area (Å²) in [4.78, 5) is 0. The highest BCUT2D eigenvalue weighted by molar-refractivity contribution is 6.80. The zero-order valence-corrected chi connectivity index (χ0v) is 38.6. The second kappa shape index (κ2) is 21.6. The van der Waals surface area contributed by atoms with Crippen molar-refractivity contribution in [2.24, 2.45) is 0 Å².